The van der Waals surface area contributed by atoms with Gasteiger partial charge in [0.15, 0.2) is 5.96 Å². The molecule has 1 aliphatic heterocycles. The van der Waals surface area contributed by atoms with Crippen LogP contribution in [0.5, 0.6) is 0 Å². The summed E-state index contributed by atoms with van der Waals surface area (Å²) in [5.41, 5.74) is 1.12. The highest BCUT2D eigenvalue weighted by atomic mass is 127. The SMILES string of the molecule is CCNC(=NCc1cccc(Cl)c1)N1CCN(c2ccccn2)CC1.I. The number of rotatable bonds is 4. The normalized spacial score (nSPS) is 14.8. The van der Waals surface area contributed by atoms with E-state index in [1.165, 1.54) is 0 Å². The molecule has 0 radical (unpaired) electrons. The quantitative estimate of drug-likeness (QED) is 0.408. The zero-order valence-electron chi connectivity index (χ0n) is 14.9. The first-order chi connectivity index (χ1) is 12.3. The molecule has 0 bridgehead atoms. The molecule has 1 aromatic heterocycles. The number of benzene rings is 1. The number of aromatic nitrogens is 1. The molecule has 1 aliphatic rings. The van der Waals surface area contributed by atoms with Crippen LogP contribution in [-0.4, -0.2) is 48.6 Å². The van der Waals surface area contributed by atoms with Crippen LogP contribution in [0.3, 0.4) is 0 Å². The maximum Gasteiger partial charge on any atom is 0.194 e. The number of halogens is 2. The Hall–Kier alpha value is -1.54. The third-order valence-corrected chi connectivity index (χ3v) is 4.42. The zero-order valence-corrected chi connectivity index (χ0v) is 18.0. The number of nitrogens with zero attached hydrogens (tertiary/aromatic N) is 4. The van der Waals surface area contributed by atoms with Crippen molar-refractivity contribution in [3.8, 4) is 0 Å². The summed E-state index contributed by atoms with van der Waals surface area (Å²) in [5.74, 6) is 2.01. The maximum absolute atomic E-state index is 6.06. The van der Waals surface area contributed by atoms with E-state index < -0.39 is 0 Å². The van der Waals surface area contributed by atoms with Crippen LogP contribution in [-0.2, 0) is 6.54 Å². The topological polar surface area (TPSA) is 43.8 Å². The largest absolute Gasteiger partial charge is 0.357 e. The van der Waals surface area contributed by atoms with E-state index in [2.05, 4.69) is 39.2 Å². The first-order valence-electron chi connectivity index (χ1n) is 8.70. The lowest BCUT2D eigenvalue weighted by Crippen LogP contribution is -2.52. The van der Waals surface area contributed by atoms with Crippen LogP contribution in [0.25, 0.3) is 0 Å². The van der Waals surface area contributed by atoms with E-state index in [0.717, 1.165) is 55.1 Å². The number of aliphatic imine (C=N–C) groups is 1. The van der Waals surface area contributed by atoms with Crippen molar-refractivity contribution in [3.63, 3.8) is 0 Å². The number of guanidine groups is 1. The molecule has 7 heteroatoms. The van der Waals surface area contributed by atoms with Crippen LogP contribution in [0.1, 0.15) is 12.5 Å². The molecular formula is C19H25ClIN5. The van der Waals surface area contributed by atoms with Gasteiger partial charge in [-0.1, -0.05) is 29.8 Å². The lowest BCUT2D eigenvalue weighted by Gasteiger charge is -2.37. The average molecular weight is 486 g/mol. The maximum atomic E-state index is 6.06. The van der Waals surface area contributed by atoms with Crippen LogP contribution in [0, 0.1) is 0 Å². The molecule has 0 spiro atoms. The van der Waals surface area contributed by atoms with Gasteiger partial charge in [-0.3, -0.25) is 0 Å². The summed E-state index contributed by atoms with van der Waals surface area (Å²) in [6.07, 6.45) is 1.85. The van der Waals surface area contributed by atoms with Crippen LogP contribution in [0.15, 0.2) is 53.7 Å². The number of hydrogen-bond donors (Lipinski definition) is 1. The molecule has 1 fully saturated rings. The van der Waals surface area contributed by atoms with Crippen molar-refractivity contribution in [2.24, 2.45) is 4.99 Å². The number of piperazine rings is 1. The predicted molar refractivity (Wildman–Crippen MR) is 120 cm³/mol. The Kier molecular flexibility index (Phi) is 8.44. The van der Waals surface area contributed by atoms with Crippen molar-refractivity contribution in [2.75, 3.05) is 37.6 Å². The molecule has 2 heterocycles. The third-order valence-electron chi connectivity index (χ3n) is 4.19. The molecular weight excluding hydrogens is 461 g/mol. The molecule has 0 atom stereocenters. The Bertz CT molecular complexity index is 702. The highest BCUT2D eigenvalue weighted by Gasteiger charge is 2.20. The second-order valence-electron chi connectivity index (χ2n) is 5.96. The molecule has 1 N–H and O–H groups in total. The summed E-state index contributed by atoms with van der Waals surface area (Å²) in [6.45, 7) is 7.32. The van der Waals surface area contributed by atoms with E-state index >= 15 is 0 Å². The van der Waals surface area contributed by atoms with Gasteiger partial charge in [-0.2, -0.15) is 0 Å². The lowest BCUT2D eigenvalue weighted by molar-refractivity contribution is 0.371. The summed E-state index contributed by atoms with van der Waals surface area (Å²) in [5, 5.41) is 4.15. The van der Waals surface area contributed by atoms with E-state index in [9.17, 15) is 0 Å². The van der Waals surface area contributed by atoms with E-state index in [0.29, 0.717) is 6.54 Å². The van der Waals surface area contributed by atoms with E-state index in [1.807, 2.05) is 36.5 Å². The van der Waals surface area contributed by atoms with Gasteiger partial charge in [-0.15, -0.1) is 24.0 Å². The third kappa shape index (κ3) is 5.74. The molecule has 140 valence electrons. The number of pyridine rings is 1. The first kappa shape index (κ1) is 20.8. The Labute approximate surface area is 177 Å². The Morgan fingerprint density at radius 2 is 1.96 bits per heavy atom. The van der Waals surface area contributed by atoms with Crippen molar-refractivity contribution < 1.29 is 0 Å². The Balaban J connectivity index is 0.00000243. The van der Waals surface area contributed by atoms with Gasteiger partial charge in [0.2, 0.25) is 0 Å². The Morgan fingerprint density at radius 3 is 2.62 bits per heavy atom. The minimum Gasteiger partial charge on any atom is -0.357 e. The Morgan fingerprint density at radius 1 is 1.15 bits per heavy atom. The van der Waals surface area contributed by atoms with E-state index in [1.54, 1.807) is 0 Å². The monoisotopic (exact) mass is 485 g/mol. The van der Waals surface area contributed by atoms with Gasteiger partial charge < -0.3 is 15.1 Å². The summed E-state index contributed by atoms with van der Waals surface area (Å²) >= 11 is 6.06. The van der Waals surface area contributed by atoms with Gasteiger partial charge in [0.05, 0.1) is 6.54 Å². The highest BCUT2D eigenvalue weighted by molar-refractivity contribution is 14.0. The van der Waals surface area contributed by atoms with Gasteiger partial charge in [0, 0.05) is 43.9 Å². The molecule has 5 nitrogen and oxygen atoms in total. The first-order valence-corrected chi connectivity index (χ1v) is 9.07. The molecule has 0 saturated carbocycles. The lowest BCUT2D eigenvalue weighted by atomic mass is 10.2. The van der Waals surface area contributed by atoms with E-state index in [4.69, 9.17) is 16.6 Å². The molecule has 3 rings (SSSR count). The number of nitrogens with one attached hydrogen (secondary N) is 1. The van der Waals surface area contributed by atoms with Crippen LogP contribution < -0.4 is 10.2 Å². The van der Waals surface area contributed by atoms with Crippen LogP contribution in [0.2, 0.25) is 5.02 Å². The highest BCUT2D eigenvalue weighted by Crippen LogP contribution is 2.14. The molecule has 26 heavy (non-hydrogen) atoms. The van der Waals surface area contributed by atoms with Crippen molar-refractivity contribution in [2.45, 2.75) is 13.5 Å². The number of anilines is 1. The fraction of sp³-hybridized carbons (Fsp3) is 0.368. The fourth-order valence-corrected chi connectivity index (χ4v) is 3.13. The van der Waals surface area contributed by atoms with E-state index in [-0.39, 0.29) is 24.0 Å². The fourth-order valence-electron chi connectivity index (χ4n) is 2.92. The molecule has 0 unspecified atom stereocenters. The zero-order chi connectivity index (χ0) is 17.5. The number of hydrogen-bond acceptors (Lipinski definition) is 3. The standard InChI is InChI=1S/C19H24ClN5.HI/c1-2-21-19(23-15-16-6-5-7-17(20)14-16)25-12-10-24(11-13-25)18-8-3-4-9-22-18;/h3-9,14H,2,10-13,15H2,1H3,(H,21,23);1H. The van der Waals surface area contributed by atoms with Gasteiger partial charge >= 0.3 is 0 Å². The van der Waals surface area contributed by atoms with Crippen molar-refractivity contribution in [1.29, 1.82) is 0 Å². The van der Waals surface area contributed by atoms with Crippen molar-refractivity contribution in [1.82, 2.24) is 15.2 Å². The van der Waals surface area contributed by atoms with Gasteiger partial charge in [0.1, 0.15) is 5.82 Å². The summed E-state index contributed by atoms with van der Waals surface area (Å²) in [4.78, 5) is 13.9. The van der Waals surface area contributed by atoms with Crippen LogP contribution in [0.4, 0.5) is 5.82 Å². The van der Waals surface area contributed by atoms with Gasteiger partial charge in [-0.05, 0) is 36.8 Å². The van der Waals surface area contributed by atoms with Gasteiger partial charge in [0.25, 0.3) is 0 Å². The summed E-state index contributed by atoms with van der Waals surface area (Å²) in [7, 11) is 0. The minimum atomic E-state index is 0. The molecule has 2 aromatic rings. The molecule has 1 saturated heterocycles. The average Bonchev–Trinajstić information content (AvgIpc) is 2.66. The predicted octanol–water partition coefficient (Wildman–Crippen LogP) is 3.64. The molecule has 0 amide bonds. The van der Waals surface area contributed by atoms with Crippen molar-refractivity contribution >= 4 is 47.4 Å². The molecule has 0 aliphatic carbocycles. The second kappa shape index (κ2) is 10.6. The molecule has 1 aromatic carbocycles. The van der Waals surface area contributed by atoms with Gasteiger partial charge in [-0.25, -0.2) is 9.98 Å². The summed E-state index contributed by atoms with van der Waals surface area (Å²) < 4.78 is 0. The minimum absolute atomic E-state index is 0. The smallest absolute Gasteiger partial charge is 0.194 e. The van der Waals surface area contributed by atoms with Crippen molar-refractivity contribution in [3.05, 3.63) is 59.2 Å². The van der Waals surface area contributed by atoms with Crippen LogP contribution >= 0.6 is 35.6 Å². The summed E-state index contributed by atoms with van der Waals surface area (Å²) in [6, 6.07) is 13.9. The second-order valence-corrected chi connectivity index (χ2v) is 6.40.